The van der Waals surface area contributed by atoms with Crippen LogP contribution in [0.25, 0.3) is 0 Å². The van der Waals surface area contributed by atoms with Gasteiger partial charge in [0.05, 0.1) is 41.7 Å². The molecule has 0 radical (unpaired) electrons. The monoisotopic (exact) mass is 726 g/mol. The molecule has 4 bridgehead atoms. The first kappa shape index (κ1) is 36.0. The molecule has 2 aliphatic heterocycles. The van der Waals surface area contributed by atoms with Crippen LogP contribution in [0.2, 0.25) is 0 Å². The van der Waals surface area contributed by atoms with Gasteiger partial charge in [0.2, 0.25) is 0 Å². The summed E-state index contributed by atoms with van der Waals surface area (Å²) in [5.41, 5.74) is 4.11. The number of piperidine rings is 2. The molecule has 0 aromatic heterocycles. The van der Waals surface area contributed by atoms with Gasteiger partial charge >= 0.3 is 0 Å². The Morgan fingerprint density at radius 1 is 0.623 bits per heavy atom. The van der Waals surface area contributed by atoms with E-state index < -0.39 is 0 Å². The summed E-state index contributed by atoms with van der Waals surface area (Å²) in [5.74, 6) is 4.41. The van der Waals surface area contributed by atoms with Crippen molar-refractivity contribution in [2.24, 2.45) is 11.8 Å². The van der Waals surface area contributed by atoms with E-state index in [0.29, 0.717) is 49.7 Å². The van der Waals surface area contributed by atoms with E-state index in [9.17, 15) is 9.59 Å². The minimum atomic E-state index is -0.342. The third-order valence-corrected chi connectivity index (χ3v) is 13.7. The summed E-state index contributed by atoms with van der Waals surface area (Å²) < 4.78 is 36.2. The van der Waals surface area contributed by atoms with E-state index in [4.69, 9.17) is 28.4 Å². The van der Waals surface area contributed by atoms with Gasteiger partial charge in [0.25, 0.3) is 0 Å². The number of hydrogen-bond donors (Lipinski definition) is 0. The fourth-order valence-corrected chi connectivity index (χ4v) is 11.0. The highest BCUT2D eigenvalue weighted by atomic mass is 16.5. The van der Waals surface area contributed by atoms with Gasteiger partial charge in [-0.15, -0.1) is 0 Å². The fraction of sp³-hybridized carbons (Fsp3) is 0.581. The van der Waals surface area contributed by atoms with Crippen LogP contribution in [0, 0.1) is 11.8 Å². The number of carbonyl (C=O) groups excluding carboxylic acids is 2. The molecule has 284 valence electrons. The number of Topliss-reactive ketones (excluding diaryl/α,β-unsaturated/α-hetero) is 2. The summed E-state index contributed by atoms with van der Waals surface area (Å²) in [6.07, 6.45) is 11.1. The fourth-order valence-electron chi connectivity index (χ4n) is 11.0. The zero-order chi connectivity index (χ0) is 37.1. The maximum atomic E-state index is 13.4. The average molecular weight is 727 g/mol. The van der Waals surface area contributed by atoms with Gasteiger partial charge in [-0.1, -0.05) is 12.1 Å². The highest BCUT2D eigenvalue weighted by Gasteiger charge is 2.58. The first-order valence-corrected chi connectivity index (χ1v) is 19.3. The number of nitrogens with zero attached hydrogens (tertiary/aromatic N) is 2. The smallest absolute Gasteiger partial charge is 0.197 e. The molecule has 0 N–H and O–H groups in total. The van der Waals surface area contributed by atoms with Gasteiger partial charge in [0, 0.05) is 58.7 Å². The number of rotatable bonds is 12. The summed E-state index contributed by atoms with van der Waals surface area (Å²) in [6.45, 7) is 2.92. The van der Waals surface area contributed by atoms with Crippen LogP contribution in [0.3, 0.4) is 0 Å². The Hall–Kier alpha value is -4.02. The van der Waals surface area contributed by atoms with Crippen LogP contribution in [0.4, 0.5) is 0 Å². The molecule has 0 saturated carbocycles. The molecular formula is C43H54N2O8. The Kier molecular flexibility index (Phi) is 9.50. The van der Waals surface area contributed by atoms with Crippen LogP contribution in [0.1, 0.15) is 67.2 Å². The van der Waals surface area contributed by atoms with Crippen molar-refractivity contribution in [1.82, 2.24) is 9.80 Å². The Bertz CT molecular complexity index is 1720. The summed E-state index contributed by atoms with van der Waals surface area (Å²) in [4.78, 5) is 31.6. The van der Waals surface area contributed by atoms with Crippen molar-refractivity contribution in [3.8, 4) is 23.0 Å². The third kappa shape index (κ3) is 5.65. The minimum Gasteiger partial charge on any atom is -0.493 e. The van der Waals surface area contributed by atoms with Gasteiger partial charge in [-0.3, -0.25) is 9.59 Å². The van der Waals surface area contributed by atoms with Crippen molar-refractivity contribution in [2.45, 2.75) is 80.7 Å². The second-order valence-corrected chi connectivity index (χ2v) is 16.1. The Morgan fingerprint density at radius 2 is 1.06 bits per heavy atom. The van der Waals surface area contributed by atoms with E-state index in [1.807, 2.05) is 12.1 Å². The summed E-state index contributed by atoms with van der Waals surface area (Å²) in [6, 6.07) is 8.98. The molecule has 6 atom stereocenters. The largest absolute Gasteiger partial charge is 0.493 e. The van der Waals surface area contributed by atoms with Gasteiger partial charge in [0.1, 0.15) is 0 Å². The number of carbonyl (C=O) groups is 2. The zero-order valence-electron chi connectivity index (χ0n) is 32.1. The number of ketones is 2. The molecule has 4 aliphatic carbocycles. The Labute approximate surface area is 313 Å². The van der Waals surface area contributed by atoms with Crippen LogP contribution in [0.15, 0.2) is 47.9 Å². The van der Waals surface area contributed by atoms with Crippen molar-refractivity contribution in [3.63, 3.8) is 0 Å². The summed E-state index contributed by atoms with van der Waals surface area (Å²) in [5, 5.41) is 0. The standard InChI is InChI=1S/C43H54N2O8/c1-44-16-14-42-24-32(46)36(50-5)22-28(42)30(44)20-26-10-12-34(48-3)40(38(26)42)52-18-8-7-9-19-53-41-35(49-4)13-11-27-21-31-29-23-37(51-6)33(47)25-43(29,39(27)41)15-17-45(31)2/h10-13,22-23,28-31H,7-9,14-21,24-25H2,1-6H3/t28-,29-,30+,31+,42-,43-/m1/s1. The van der Waals surface area contributed by atoms with Crippen LogP contribution in [0.5, 0.6) is 23.0 Å². The molecule has 0 spiro atoms. The molecule has 2 saturated heterocycles. The Morgan fingerprint density at radius 3 is 1.45 bits per heavy atom. The number of methoxy groups -OCH3 is 4. The lowest BCUT2D eigenvalue weighted by molar-refractivity contribution is -0.123. The zero-order valence-corrected chi connectivity index (χ0v) is 32.1. The molecule has 8 rings (SSSR count). The van der Waals surface area contributed by atoms with Crippen LogP contribution in [-0.2, 0) is 42.7 Å². The second kappa shape index (κ2) is 14.0. The molecule has 10 nitrogen and oxygen atoms in total. The minimum absolute atomic E-state index is 0.0574. The van der Waals surface area contributed by atoms with Crippen molar-refractivity contribution >= 4 is 11.6 Å². The molecule has 2 aromatic rings. The molecule has 0 amide bonds. The lowest BCUT2D eigenvalue weighted by Crippen LogP contribution is -2.60. The van der Waals surface area contributed by atoms with Gasteiger partial charge < -0.3 is 38.2 Å². The van der Waals surface area contributed by atoms with E-state index in [-0.39, 0.29) is 34.2 Å². The van der Waals surface area contributed by atoms with E-state index in [0.717, 1.165) is 92.2 Å². The van der Waals surface area contributed by atoms with Gasteiger partial charge in [-0.25, -0.2) is 0 Å². The molecule has 6 aliphatic rings. The number of ether oxygens (including phenoxy) is 6. The normalized spacial score (nSPS) is 30.2. The van der Waals surface area contributed by atoms with Crippen LogP contribution in [-0.4, -0.2) is 102 Å². The van der Waals surface area contributed by atoms with E-state index in [1.165, 1.54) is 11.1 Å². The second-order valence-electron chi connectivity index (χ2n) is 16.1. The van der Waals surface area contributed by atoms with E-state index >= 15 is 0 Å². The van der Waals surface area contributed by atoms with Gasteiger partial charge in [0.15, 0.2) is 46.1 Å². The maximum absolute atomic E-state index is 13.4. The number of likely N-dealkylation sites (N-methyl/N-ethyl adjacent to an activating group) is 2. The van der Waals surface area contributed by atoms with E-state index in [1.54, 1.807) is 28.4 Å². The molecule has 2 aromatic carbocycles. The van der Waals surface area contributed by atoms with Crippen molar-refractivity contribution in [2.75, 3.05) is 68.8 Å². The highest BCUT2D eigenvalue weighted by molar-refractivity contribution is 5.97. The van der Waals surface area contributed by atoms with Crippen molar-refractivity contribution in [3.05, 3.63) is 70.2 Å². The van der Waals surface area contributed by atoms with Crippen LogP contribution >= 0.6 is 0 Å². The SMILES string of the molecule is COC1=C[C@@H]2[C@@H]3Cc4ccc(OC)c(OCCCCCOc5c(OC)ccc6c5[C@@]57CCN(C)[C@@H](C6)[C@H]5C=C(OC)C(=O)C7)c4[C@]2(CCN3C)CC1=O. The van der Waals surface area contributed by atoms with Gasteiger partial charge in [-0.05, 0) is 108 Å². The van der Waals surface area contributed by atoms with Gasteiger partial charge in [-0.2, -0.15) is 0 Å². The molecular weight excluding hydrogens is 672 g/mol. The predicted molar refractivity (Wildman–Crippen MR) is 200 cm³/mol. The average Bonchev–Trinajstić information content (AvgIpc) is 3.16. The number of likely N-dealkylation sites (tertiary alicyclic amines) is 2. The third-order valence-electron chi connectivity index (χ3n) is 13.7. The molecule has 10 heteroatoms. The van der Waals surface area contributed by atoms with Crippen molar-refractivity contribution < 1.29 is 38.0 Å². The summed E-state index contributed by atoms with van der Waals surface area (Å²) >= 11 is 0. The highest BCUT2D eigenvalue weighted by Crippen LogP contribution is 2.59. The topological polar surface area (TPSA) is 96.0 Å². The Balaban J connectivity index is 0.977. The lowest BCUT2D eigenvalue weighted by Gasteiger charge is -2.56. The van der Waals surface area contributed by atoms with Crippen LogP contribution < -0.4 is 18.9 Å². The number of allylic oxidation sites excluding steroid dienone is 2. The quantitative estimate of drug-likeness (QED) is 0.259. The predicted octanol–water partition coefficient (Wildman–Crippen LogP) is 5.57. The number of benzene rings is 2. The molecule has 53 heavy (non-hydrogen) atoms. The number of fused-ring (bicyclic) bond motifs is 2. The molecule has 2 fully saturated rings. The summed E-state index contributed by atoms with van der Waals surface area (Å²) in [7, 11) is 11.0. The first-order valence-electron chi connectivity index (χ1n) is 19.3. The molecule has 2 heterocycles. The number of unbranched alkanes of at least 4 members (excludes halogenated alkanes) is 2. The molecule has 0 unspecified atom stereocenters. The van der Waals surface area contributed by atoms with Crippen molar-refractivity contribution in [1.29, 1.82) is 0 Å². The number of hydrogen-bond acceptors (Lipinski definition) is 10. The first-order chi connectivity index (χ1) is 25.7. The maximum Gasteiger partial charge on any atom is 0.197 e. The van der Waals surface area contributed by atoms with E-state index in [2.05, 4.69) is 48.2 Å². The lowest BCUT2D eigenvalue weighted by atomic mass is 9.53.